The van der Waals surface area contributed by atoms with E-state index in [1.165, 1.54) is 6.20 Å². The molecule has 0 aliphatic heterocycles. The molecule has 1 heterocycles. The number of aryl methyl sites for hydroxylation is 1. The van der Waals surface area contributed by atoms with Gasteiger partial charge in [0.25, 0.3) is 0 Å². The fraction of sp³-hybridized carbons (Fsp3) is 0.444. The number of aromatic nitrogens is 1. The zero-order valence-corrected chi connectivity index (χ0v) is 8.07. The van der Waals surface area contributed by atoms with E-state index in [0.29, 0.717) is 11.6 Å². The first-order valence-electron chi connectivity index (χ1n) is 4.08. The Hall–Kier alpha value is -0.770. The SMILES string of the molecule is FC(F)(F)CCc1ccc(CCl)cn1. The normalized spacial score (nSPS) is 11.7. The van der Waals surface area contributed by atoms with Crippen molar-refractivity contribution in [1.29, 1.82) is 0 Å². The van der Waals surface area contributed by atoms with E-state index in [2.05, 4.69) is 4.98 Å². The number of halogens is 4. The molecule has 0 aliphatic rings. The van der Waals surface area contributed by atoms with Crippen molar-refractivity contribution < 1.29 is 13.2 Å². The molecular formula is C9H9ClF3N. The molecule has 1 nitrogen and oxygen atoms in total. The second-order valence-corrected chi connectivity index (χ2v) is 3.17. The van der Waals surface area contributed by atoms with Crippen LogP contribution in [0.4, 0.5) is 13.2 Å². The summed E-state index contributed by atoms with van der Waals surface area (Å²) in [5.41, 5.74) is 1.25. The van der Waals surface area contributed by atoms with Gasteiger partial charge in [0.2, 0.25) is 0 Å². The number of hydrogen-bond acceptors (Lipinski definition) is 1. The van der Waals surface area contributed by atoms with Crippen molar-refractivity contribution in [3.63, 3.8) is 0 Å². The zero-order chi connectivity index (χ0) is 10.6. The lowest BCUT2D eigenvalue weighted by Gasteiger charge is -2.05. The molecule has 1 aromatic rings. The lowest BCUT2D eigenvalue weighted by atomic mass is 10.2. The summed E-state index contributed by atoms with van der Waals surface area (Å²) in [5, 5.41) is 0. The zero-order valence-electron chi connectivity index (χ0n) is 7.31. The topological polar surface area (TPSA) is 12.9 Å². The van der Waals surface area contributed by atoms with Gasteiger partial charge in [0, 0.05) is 24.2 Å². The first-order chi connectivity index (χ1) is 6.51. The van der Waals surface area contributed by atoms with Crippen LogP contribution < -0.4 is 0 Å². The first kappa shape index (κ1) is 11.3. The van der Waals surface area contributed by atoms with Gasteiger partial charge in [-0.3, -0.25) is 4.98 Å². The van der Waals surface area contributed by atoms with Gasteiger partial charge in [-0.1, -0.05) is 6.07 Å². The smallest absolute Gasteiger partial charge is 0.261 e. The second-order valence-electron chi connectivity index (χ2n) is 2.91. The fourth-order valence-electron chi connectivity index (χ4n) is 0.952. The van der Waals surface area contributed by atoms with Crippen molar-refractivity contribution in [3.05, 3.63) is 29.6 Å². The van der Waals surface area contributed by atoms with Gasteiger partial charge in [-0.15, -0.1) is 11.6 Å². The van der Waals surface area contributed by atoms with Gasteiger partial charge in [0.15, 0.2) is 0 Å². The molecule has 0 aliphatic carbocycles. The van der Waals surface area contributed by atoms with E-state index in [1.54, 1.807) is 12.1 Å². The minimum atomic E-state index is -4.12. The lowest BCUT2D eigenvalue weighted by Crippen LogP contribution is -2.09. The molecule has 0 fully saturated rings. The molecule has 78 valence electrons. The molecule has 0 unspecified atom stereocenters. The number of alkyl halides is 4. The highest BCUT2D eigenvalue weighted by Gasteiger charge is 2.26. The largest absolute Gasteiger partial charge is 0.389 e. The summed E-state index contributed by atoms with van der Waals surface area (Å²) in [6.45, 7) is 0. The molecule has 0 atom stereocenters. The Kier molecular flexibility index (Phi) is 3.75. The van der Waals surface area contributed by atoms with Gasteiger partial charge in [-0.2, -0.15) is 13.2 Å². The third-order valence-electron chi connectivity index (χ3n) is 1.70. The molecular weight excluding hydrogens is 215 g/mol. The van der Waals surface area contributed by atoms with Gasteiger partial charge >= 0.3 is 6.18 Å². The van der Waals surface area contributed by atoms with E-state index in [0.717, 1.165) is 5.56 Å². The molecule has 1 aromatic heterocycles. The minimum absolute atomic E-state index is 0.0773. The molecule has 5 heteroatoms. The second kappa shape index (κ2) is 4.64. The highest BCUT2D eigenvalue weighted by Crippen LogP contribution is 2.21. The molecule has 0 N–H and O–H groups in total. The van der Waals surface area contributed by atoms with Crippen LogP contribution in [0, 0.1) is 0 Å². The van der Waals surface area contributed by atoms with Crippen molar-refractivity contribution in [3.8, 4) is 0 Å². The Labute approximate surface area is 84.9 Å². The summed E-state index contributed by atoms with van der Waals surface area (Å²) < 4.78 is 35.5. The molecule has 0 saturated heterocycles. The van der Waals surface area contributed by atoms with Crippen LogP contribution in [0.1, 0.15) is 17.7 Å². The molecule has 0 radical (unpaired) electrons. The van der Waals surface area contributed by atoms with Crippen molar-refractivity contribution in [1.82, 2.24) is 4.98 Å². The number of hydrogen-bond donors (Lipinski definition) is 0. The lowest BCUT2D eigenvalue weighted by molar-refractivity contribution is -0.134. The van der Waals surface area contributed by atoms with Crippen molar-refractivity contribution in [2.75, 3.05) is 0 Å². The molecule has 0 aromatic carbocycles. The number of nitrogens with zero attached hydrogens (tertiary/aromatic N) is 1. The summed E-state index contributed by atoms with van der Waals surface area (Å²) in [7, 11) is 0. The van der Waals surface area contributed by atoms with E-state index >= 15 is 0 Å². The number of pyridine rings is 1. The van der Waals surface area contributed by atoms with Crippen LogP contribution in [0.3, 0.4) is 0 Å². The van der Waals surface area contributed by atoms with Crippen molar-refractivity contribution >= 4 is 11.6 Å². The average molecular weight is 224 g/mol. The summed E-state index contributed by atoms with van der Waals surface area (Å²) >= 11 is 5.51. The van der Waals surface area contributed by atoms with Gasteiger partial charge in [-0.05, 0) is 18.1 Å². The molecule has 0 saturated carbocycles. The van der Waals surface area contributed by atoms with Crippen LogP contribution >= 0.6 is 11.6 Å². The molecule has 0 bridgehead atoms. The van der Waals surface area contributed by atoms with Crippen LogP contribution in [0.2, 0.25) is 0 Å². The highest BCUT2D eigenvalue weighted by atomic mass is 35.5. The van der Waals surface area contributed by atoms with E-state index in [-0.39, 0.29) is 6.42 Å². The van der Waals surface area contributed by atoms with Gasteiger partial charge in [-0.25, -0.2) is 0 Å². The van der Waals surface area contributed by atoms with E-state index in [4.69, 9.17) is 11.6 Å². The molecule has 14 heavy (non-hydrogen) atoms. The maximum absolute atomic E-state index is 11.8. The monoisotopic (exact) mass is 223 g/mol. The van der Waals surface area contributed by atoms with E-state index in [9.17, 15) is 13.2 Å². The molecule has 0 spiro atoms. The Morgan fingerprint density at radius 2 is 2.00 bits per heavy atom. The molecule has 1 rings (SSSR count). The van der Waals surface area contributed by atoms with Crippen molar-refractivity contribution in [2.24, 2.45) is 0 Å². The van der Waals surface area contributed by atoms with E-state index < -0.39 is 12.6 Å². The quantitative estimate of drug-likeness (QED) is 0.717. The fourth-order valence-corrected chi connectivity index (χ4v) is 1.11. The first-order valence-corrected chi connectivity index (χ1v) is 4.61. The van der Waals surface area contributed by atoms with Crippen molar-refractivity contribution in [2.45, 2.75) is 24.9 Å². The van der Waals surface area contributed by atoms with Gasteiger partial charge < -0.3 is 0 Å². The number of rotatable bonds is 3. The molecule has 0 amide bonds. The standard InChI is InChI=1S/C9H9ClF3N/c10-5-7-1-2-8(14-6-7)3-4-9(11,12)13/h1-2,6H,3-5H2. The highest BCUT2D eigenvalue weighted by molar-refractivity contribution is 6.17. The minimum Gasteiger partial charge on any atom is -0.261 e. The van der Waals surface area contributed by atoms with Crippen LogP contribution in [0.5, 0.6) is 0 Å². The van der Waals surface area contributed by atoms with Gasteiger partial charge in [0.1, 0.15) is 0 Å². The Morgan fingerprint density at radius 3 is 2.43 bits per heavy atom. The predicted molar refractivity (Wildman–Crippen MR) is 48.2 cm³/mol. The average Bonchev–Trinajstić information content (AvgIpc) is 2.14. The Bertz CT molecular complexity index is 281. The Morgan fingerprint density at radius 1 is 1.29 bits per heavy atom. The van der Waals surface area contributed by atoms with Crippen LogP contribution in [0.15, 0.2) is 18.3 Å². The third-order valence-corrected chi connectivity index (χ3v) is 2.01. The predicted octanol–water partition coefficient (Wildman–Crippen LogP) is 3.32. The summed E-state index contributed by atoms with van der Waals surface area (Å²) in [6, 6.07) is 3.26. The summed E-state index contributed by atoms with van der Waals surface area (Å²) in [5.74, 6) is 0.326. The third kappa shape index (κ3) is 3.96. The van der Waals surface area contributed by atoms with Crippen LogP contribution in [-0.2, 0) is 12.3 Å². The van der Waals surface area contributed by atoms with E-state index in [1.807, 2.05) is 0 Å². The maximum atomic E-state index is 11.8. The van der Waals surface area contributed by atoms with Crippen LogP contribution in [0.25, 0.3) is 0 Å². The summed E-state index contributed by atoms with van der Waals surface area (Å²) in [4.78, 5) is 3.87. The van der Waals surface area contributed by atoms with Crippen LogP contribution in [-0.4, -0.2) is 11.2 Å². The summed E-state index contributed by atoms with van der Waals surface area (Å²) in [6.07, 6.45) is -3.53. The van der Waals surface area contributed by atoms with Gasteiger partial charge in [0.05, 0.1) is 0 Å². The Balaban J connectivity index is 2.52. The maximum Gasteiger partial charge on any atom is 0.389 e.